The summed E-state index contributed by atoms with van der Waals surface area (Å²) in [5.74, 6) is 0. The zero-order valence-corrected chi connectivity index (χ0v) is 7.27. The summed E-state index contributed by atoms with van der Waals surface area (Å²) < 4.78 is 40.9. The van der Waals surface area contributed by atoms with Crippen LogP contribution in [0.4, 0.5) is 0 Å². The van der Waals surface area contributed by atoms with E-state index in [1.807, 2.05) is 0 Å². The fourth-order valence-corrected chi connectivity index (χ4v) is 2.44. The van der Waals surface area contributed by atoms with Crippen molar-refractivity contribution < 1.29 is 17.2 Å². The third kappa shape index (κ3) is 3.97. The van der Waals surface area contributed by atoms with Crippen molar-refractivity contribution >= 4 is 24.3 Å². The molecule has 0 spiro atoms. The van der Waals surface area contributed by atoms with Gasteiger partial charge in [-0.2, -0.15) is 0 Å². The number of rotatable bonds is 3. The Bertz CT molecular complexity index is 367. The van der Waals surface area contributed by atoms with Gasteiger partial charge < -0.3 is 4.55 Å². The molecular formula is C5H8O4S2. The van der Waals surface area contributed by atoms with Crippen molar-refractivity contribution in [3.8, 4) is 0 Å². The highest BCUT2D eigenvalue weighted by Gasteiger charge is 2.04. The molecule has 0 aliphatic heterocycles. The van der Waals surface area contributed by atoms with Crippen molar-refractivity contribution in [3.05, 3.63) is 24.0 Å². The van der Waals surface area contributed by atoms with E-state index in [0.717, 1.165) is 0 Å². The van der Waals surface area contributed by atoms with Gasteiger partial charge in [0.15, 0.2) is 0 Å². The summed E-state index contributed by atoms with van der Waals surface area (Å²) in [5, 5.41) is 1.25. The lowest BCUT2D eigenvalue weighted by molar-refractivity contribution is 0.570. The maximum atomic E-state index is 10.7. The van der Waals surface area contributed by atoms with E-state index in [1.165, 1.54) is 0 Å². The molecule has 0 aliphatic rings. The van der Waals surface area contributed by atoms with Crippen LogP contribution in [0.2, 0.25) is 0 Å². The van der Waals surface area contributed by atoms with E-state index >= 15 is 0 Å². The zero-order valence-electron chi connectivity index (χ0n) is 5.63. The Morgan fingerprint density at radius 2 is 1.55 bits per heavy atom. The number of hydrogen-bond acceptors (Lipinski definition) is 3. The Morgan fingerprint density at radius 3 is 1.82 bits per heavy atom. The van der Waals surface area contributed by atoms with Crippen LogP contribution in [-0.4, -0.2) is 21.9 Å². The van der Waals surface area contributed by atoms with E-state index in [1.54, 1.807) is 0 Å². The predicted molar refractivity (Wildman–Crippen MR) is 46.1 cm³/mol. The number of sulfone groups is 1. The quantitative estimate of drug-likeness (QED) is 0.655. The van der Waals surface area contributed by atoms with Gasteiger partial charge in [-0.3, -0.25) is 0 Å². The molecule has 6 heteroatoms. The smallest absolute Gasteiger partial charge is 0.202 e. The highest BCUT2D eigenvalue weighted by Crippen LogP contribution is 1.91. The maximum absolute atomic E-state index is 10.7. The average Bonchev–Trinajstić information content (AvgIpc) is 1.86. The van der Waals surface area contributed by atoms with E-state index in [2.05, 4.69) is 13.2 Å². The molecule has 0 rings (SSSR count). The van der Waals surface area contributed by atoms with Crippen LogP contribution in [0.3, 0.4) is 0 Å². The van der Waals surface area contributed by atoms with Crippen LogP contribution in [-0.2, 0) is 19.6 Å². The van der Waals surface area contributed by atoms with Gasteiger partial charge in [0.25, 0.3) is 0 Å². The first-order valence-electron chi connectivity index (χ1n) is 2.44. The van der Waals surface area contributed by atoms with Gasteiger partial charge in [0.05, 0.1) is 0 Å². The van der Waals surface area contributed by atoms with Crippen molar-refractivity contribution in [1.82, 2.24) is 0 Å². The monoisotopic (exact) mass is 196 g/mol. The molecule has 0 aromatic heterocycles. The average molecular weight is 196 g/mol. The first kappa shape index (κ1) is 10.4. The Kier molecular flexibility index (Phi) is 3.03. The van der Waals surface area contributed by atoms with Gasteiger partial charge in [-0.25, -0.2) is 12.6 Å². The lowest BCUT2D eigenvalue weighted by Crippen LogP contribution is -2.05. The first-order chi connectivity index (χ1) is 4.83. The highest BCUT2D eigenvalue weighted by molar-refractivity contribution is 8.21. The topological polar surface area (TPSA) is 71.4 Å². The molecule has 0 radical (unpaired) electrons. The molecule has 0 fully saturated rings. The fraction of sp³-hybridized carbons (Fsp3) is 0. The molecule has 0 amide bonds. The maximum Gasteiger partial charge on any atom is 0.202 e. The summed E-state index contributed by atoms with van der Waals surface area (Å²) in [6.45, 7) is 5.96. The van der Waals surface area contributed by atoms with Gasteiger partial charge in [-0.15, -0.1) is 0 Å². The summed E-state index contributed by atoms with van der Waals surface area (Å²) in [5.41, 5.74) is 0. The minimum Gasteiger partial charge on any atom is -0.310 e. The van der Waals surface area contributed by atoms with Crippen molar-refractivity contribution in [3.63, 3.8) is 0 Å². The van der Waals surface area contributed by atoms with Gasteiger partial charge in [0.1, 0.15) is 14.5 Å². The Balaban J connectivity index is 5.35. The summed E-state index contributed by atoms with van der Waals surface area (Å²) in [6, 6.07) is 0. The van der Waals surface area contributed by atoms with Crippen LogP contribution < -0.4 is 0 Å². The van der Waals surface area contributed by atoms with Crippen molar-refractivity contribution in [2.24, 2.45) is 0 Å². The summed E-state index contributed by atoms with van der Waals surface area (Å²) in [4.78, 5) is 0. The third-order valence-corrected chi connectivity index (χ3v) is 3.86. The van der Waals surface area contributed by atoms with E-state index in [9.17, 15) is 12.6 Å². The van der Waals surface area contributed by atoms with Crippen molar-refractivity contribution in [2.75, 3.05) is 0 Å². The lowest BCUT2D eigenvalue weighted by atomic mass is 11.3. The molecule has 0 bridgehead atoms. The largest absolute Gasteiger partial charge is 0.310 e. The molecule has 0 heterocycles. The van der Waals surface area contributed by atoms with Gasteiger partial charge >= 0.3 is 0 Å². The molecule has 0 saturated carbocycles. The predicted octanol–water partition coefficient (Wildman–Crippen LogP) is 0.205. The molecule has 0 aliphatic carbocycles. The van der Waals surface area contributed by atoms with Crippen LogP contribution in [0.15, 0.2) is 24.0 Å². The number of hydrogen-bond donors (Lipinski definition) is 1. The van der Waals surface area contributed by atoms with Gasteiger partial charge in [-0.05, 0) is 0 Å². The van der Waals surface area contributed by atoms with Crippen LogP contribution in [0.25, 0.3) is 0 Å². The minimum absolute atomic E-state index is 0.306. The first-order valence-corrected chi connectivity index (χ1v) is 5.69. The molecule has 1 atom stereocenters. The van der Waals surface area contributed by atoms with Crippen LogP contribution in [0.5, 0.6) is 0 Å². The van der Waals surface area contributed by atoms with Crippen LogP contribution in [0, 0.1) is 0 Å². The molecule has 4 nitrogen and oxygen atoms in total. The van der Waals surface area contributed by atoms with Gasteiger partial charge in [0.2, 0.25) is 9.84 Å². The minimum atomic E-state index is -3.75. The second-order valence-corrected chi connectivity index (χ2v) is 5.47. The molecule has 0 aromatic carbocycles. The molecule has 1 N–H and O–H groups in total. The summed E-state index contributed by atoms with van der Waals surface area (Å²) in [7, 11) is -7.31. The molecule has 11 heavy (non-hydrogen) atoms. The van der Waals surface area contributed by atoms with E-state index in [-0.39, 0.29) is 0 Å². The summed E-state index contributed by atoms with van der Waals surface area (Å²) in [6.07, 6.45) is 0. The normalized spacial score (nSPS) is 16.5. The Labute approximate surface area is 66.0 Å². The van der Waals surface area contributed by atoms with Crippen molar-refractivity contribution in [1.29, 1.82) is 0 Å². The van der Waals surface area contributed by atoms with Crippen LogP contribution in [0.1, 0.15) is 0 Å². The van der Waals surface area contributed by atoms with Crippen LogP contribution >= 0.6 is 0 Å². The van der Waals surface area contributed by atoms with Gasteiger partial charge in [-0.1, -0.05) is 13.2 Å². The molecule has 0 saturated heterocycles. The SMILES string of the molecule is C=CS(=O)(=O)C=S(=O)(O)C=C. The highest BCUT2D eigenvalue weighted by atomic mass is 32.3. The zero-order chi connectivity index (χ0) is 9.12. The Morgan fingerprint density at radius 1 is 1.09 bits per heavy atom. The van der Waals surface area contributed by atoms with E-state index in [4.69, 9.17) is 4.55 Å². The van der Waals surface area contributed by atoms with Crippen molar-refractivity contribution in [2.45, 2.75) is 0 Å². The molecule has 0 aromatic rings. The third-order valence-electron chi connectivity index (χ3n) is 0.743. The standard InChI is InChI=1S/C5H8O4S2/c1-3-10(6,7)5-11(8,9)4-2/h3-5H,1-2H2,(H,6,7). The fourth-order valence-electron chi connectivity index (χ4n) is 0.271. The summed E-state index contributed by atoms with van der Waals surface area (Å²) >= 11 is 0. The molecule has 64 valence electrons. The molecular weight excluding hydrogens is 188 g/mol. The second-order valence-electron chi connectivity index (χ2n) is 1.63. The second kappa shape index (κ2) is 3.21. The van der Waals surface area contributed by atoms with E-state index < -0.39 is 19.6 Å². The van der Waals surface area contributed by atoms with Gasteiger partial charge in [0, 0.05) is 10.8 Å². The van der Waals surface area contributed by atoms with E-state index in [0.29, 0.717) is 15.5 Å². The Hall–Kier alpha value is -0.590. The lowest BCUT2D eigenvalue weighted by Gasteiger charge is -1.92. The molecule has 1 unspecified atom stereocenters.